The molecule has 2 saturated heterocycles. The molecule has 2 aromatic heterocycles. The first-order chi connectivity index (χ1) is 25.7. The summed E-state index contributed by atoms with van der Waals surface area (Å²) in [7, 11) is 1.92. The number of hydrogen-bond donors (Lipinski definition) is 1. The summed E-state index contributed by atoms with van der Waals surface area (Å²) in [6.45, 7) is -6.32. The molecule has 2 aliphatic rings. The molecule has 0 unspecified atom stereocenters. The van der Waals surface area contributed by atoms with E-state index in [1.165, 1.54) is 11.3 Å². The number of likely N-dealkylation sites (tertiary alicyclic amines) is 1. The Hall–Kier alpha value is -3.34. The number of aliphatic carboxylic acids is 1. The molecule has 2 aliphatic heterocycles. The number of piperidine rings is 1. The van der Waals surface area contributed by atoms with E-state index in [9.17, 15) is 9.90 Å². The van der Waals surface area contributed by atoms with E-state index in [4.69, 9.17) is 43.5 Å². The van der Waals surface area contributed by atoms with Crippen LogP contribution in [0.15, 0.2) is 48.5 Å². The lowest BCUT2D eigenvalue weighted by molar-refractivity contribution is -0.160. The predicted octanol–water partition coefficient (Wildman–Crippen LogP) is 8.00. The number of carboxylic acids is 1. The Labute approximate surface area is 290 Å². The van der Waals surface area contributed by atoms with E-state index in [-0.39, 0.29) is 22.6 Å². The lowest BCUT2D eigenvalue weighted by Crippen LogP contribution is -2.51. The van der Waals surface area contributed by atoms with Crippen LogP contribution < -0.4 is 0 Å². The van der Waals surface area contributed by atoms with Gasteiger partial charge in [0.25, 0.3) is 0 Å². The van der Waals surface area contributed by atoms with Crippen LogP contribution in [0.1, 0.15) is 74.6 Å². The van der Waals surface area contributed by atoms with Gasteiger partial charge in [-0.05, 0) is 101 Å². The average Bonchev–Trinajstić information content (AvgIpc) is 3.63. The third kappa shape index (κ3) is 5.84. The first kappa shape index (κ1) is 22.3. The molecule has 0 spiro atoms. The number of carboxylic acid groups (broad SMARTS) is 1. The van der Waals surface area contributed by atoms with Crippen LogP contribution >= 0.6 is 22.9 Å². The molecule has 4 heterocycles. The van der Waals surface area contributed by atoms with Crippen molar-refractivity contribution < 1.29 is 31.7 Å². The van der Waals surface area contributed by atoms with Crippen LogP contribution in [-0.4, -0.2) is 68.7 Å². The Kier molecular flexibility index (Phi) is 5.82. The number of fused-ring (bicyclic) bond motifs is 2. The molecule has 3 aromatic carbocycles. The van der Waals surface area contributed by atoms with Crippen LogP contribution in [0.25, 0.3) is 42.8 Å². The van der Waals surface area contributed by atoms with E-state index < -0.39 is 38.2 Å². The van der Waals surface area contributed by atoms with Crippen molar-refractivity contribution in [1.82, 2.24) is 19.7 Å². The fourth-order valence-corrected chi connectivity index (χ4v) is 7.93. The SMILES string of the molecule is [2H]C([2H])([2H])C(O[C@H](C(=O)O)c1c(C)cc2nc(-c3ccc4c(c3)c(C3CCN(C5COC5)CC3)nn4C)sc2c1-c1ccc(Cl)cc1)(C([2H])([2H])[2H])C([2H])([2H])[2H]. The highest BCUT2D eigenvalue weighted by Crippen LogP contribution is 2.45. The molecule has 5 aromatic rings. The highest BCUT2D eigenvalue weighted by molar-refractivity contribution is 7.22. The highest BCUT2D eigenvalue weighted by atomic mass is 35.5. The van der Waals surface area contributed by atoms with E-state index in [0.717, 1.165) is 61.3 Å². The molecule has 2 fully saturated rings. The molecule has 0 radical (unpaired) electrons. The van der Waals surface area contributed by atoms with E-state index in [2.05, 4.69) is 11.0 Å². The van der Waals surface area contributed by atoms with Crippen LogP contribution in [0, 0.1) is 6.92 Å². The summed E-state index contributed by atoms with van der Waals surface area (Å²) in [6, 6.07) is 14.6. The third-order valence-electron chi connectivity index (χ3n) is 9.02. The molecule has 7 rings (SSSR count). The average molecular weight is 668 g/mol. The lowest BCUT2D eigenvalue weighted by atomic mass is 9.90. The van der Waals surface area contributed by atoms with Crippen molar-refractivity contribution >= 4 is 50.0 Å². The Bertz CT molecular complexity index is 2220. The van der Waals surface area contributed by atoms with Gasteiger partial charge in [0.15, 0.2) is 6.10 Å². The zero-order valence-corrected chi connectivity index (χ0v) is 26.9. The molecular formula is C36H39ClN4O4S. The van der Waals surface area contributed by atoms with Crippen LogP contribution in [0.5, 0.6) is 0 Å². The van der Waals surface area contributed by atoms with Crippen molar-refractivity contribution in [2.24, 2.45) is 7.05 Å². The van der Waals surface area contributed by atoms with Crippen molar-refractivity contribution in [1.29, 1.82) is 0 Å². The monoisotopic (exact) mass is 667 g/mol. The smallest absolute Gasteiger partial charge is 0.337 e. The molecule has 10 heteroatoms. The van der Waals surface area contributed by atoms with Crippen molar-refractivity contribution in [3.05, 3.63) is 70.4 Å². The number of halogens is 1. The summed E-state index contributed by atoms with van der Waals surface area (Å²) in [5.41, 5.74) is 0.299. The van der Waals surface area contributed by atoms with Gasteiger partial charge in [-0.1, -0.05) is 23.7 Å². The number of ether oxygens (including phenoxy) is 2. The molecule has 8 nitrogen and oxygen atoms in total. The Balaban J connectivity index is 1.38. The molecule has 0 bridgehead atoms. The molecule has 1 atom stereocenters. The topological polar surface area (TPSA) is 89.7 Å². The van der Waals surface area contributed by atoms with Crippen LogP contribution in [0.4, 0.5) is 0 Å². The maximum absolute atomic E-state index is 13.1. The first-order valence-electron chi connectivity index (χ1n) is 19.6. The van der Waals surface area contributed by atoms with E-state index in [1.54, 1.807) is 37.3 Å². The Morgan fingerprint density at radius 3 is 2.50 bits per heavy atom. The lowest BCUT2D eigenvalue weighted by Gasteiger charge is -2.41. The summed E-state index contributed by atoms with van der Waals surface area (Å²) in [5.74, 6) is -1.50. The summed E-state index contributed by atoms with van der Waals surface area (Å²) in [6.07, 6.45) is -0.390. The van der Waals surface area contributed by atoms with Gasteiger partial charge in [0, 0.05) is 52.4 Å². The molecule has 46 heavy (non-hydrogen) atoms. The number of carbonyl (C=O) groups is 1. The maximum atomic E-state index is 13.1. The van der Waals surface area contributed by atoms with Crippen LogP contribution in [0.3, 0.4) is 0 Å². The molecule has 1 N–H and O–H groups in total. The highest BCUT2D eigenvalue weighted by Gasteiger charge is 2.34. The van der Waals surface area contributed by atoms with Crippen molar-refractivity contribution in [3.8, 4) is 21.7 Å². The number of hydrogen-bond acceptors (Lipinski definition) is 7. The summed E-state index contributed by atoms with van der Waals surface area (Å²) < 4.78 is 86.3. The summed E-state index contributed by atoms with van der Waals surface area (Å²) >= 11 is 7.50. The van der Waals surface area contributed by atoms with Crippen molar-refractivity contribution in [3.63, 3.8) is 0 Å². The van der Waals surface area contributed by atoms with Gasteiger partial charge < -0.3 is 14.6 Å². The van der Waals surface area contributed by atoms with Crippen molar-refractivity contribution in [2.75, 3.05) is 26.3 Å². The zero-order valence-electron chi connectivity index (χ0n) is 34.3. The van der Waals surface area contributed by atoms with E-state index in [0.29, 0.717) is 31.9 Å². The minimum absolute atomic E-state index is 0.107. The van der Waals surface area contributed by atoms with E-state index >= 15 is 0 Å². The number of thiazole rings is 1. The zero-order chi connectivity index (χ0) is 39.8. The number of nitrogens with zero attached hydrogens (tertiary/aromatic N) is 4. The number of benzene rings is 3. The predicted molar refractivity (Wildman–Crippen MR) is 184 cm³/mol. The number of rotatable bonds is 7. The minimum atomic E-state index is -3.85. The van der Waals surface area contributed by atoms with Gasteiger partial charge >= 0.3 is 5.97 Å². The molecule has 0 saturated carbocycles. The van der Waals surface area contributed by atoms with Gasteiger partial charge in [0.2, 0.25) is 0 Å². The third-order valence-corrected chi connectivity index (χ3v) is 10.4. The Morgan fingerprint density at radius 1 is 1.13 bits per heavy atom. The second kappa shape index (κ2) is 12.0. The van der Waals surface area contributed by atoms with E-state index in [1.807, 2.05) is 23.9 Å². The standard InChI is InChI=1S/C36H39ClN4O4S/c1-20-16-27-33(30(21-6-9-24(37)10-7-21)29(20)32(35(42)43)45-36(2,3)4)46-34(38-27)23-8-11-28-26(17-23)31(39-40(28)5)22-12-14-41(15-13-22)25-18-44-19-25/h6-11,16-17,22,25,32H,12-15,18-19H2,1-5H3,(H,42,43)/t32-/m0/s1/i2D3,3D3,4D3. The normalized spacial score (nSPS) is 21.2. The summed E-state index contributed by atoms with van der Waals surface area (Å²) in [5, 5.41) is 17.6. The van der Waals surface area contributed by atoms with Gasteiger partial charge in [0.1, 0.15) is 5.01 Å². The van der Waals surface area contributed by atoms with Gasteiger partial charge in [-0.25, -0.2) is 9.78 Å². The molecular weight excluding hydrogens is 620 g/mol. The quantitative estimate of drug-likeness (QED) is 0.188. The van der Waals surface area contributed by atoms with Gasteiger partial charge in [-0.3, -0.25) is 9.58 Å². The molecule has 0 amide bonds. The number of aromatic nitrogens is 3. The number of aryl methyl sites for hydroxylation is 2. The maximum Gasteiger partial charge on any atom is 0.337 e. The molecule has 0 aliphatic carbocycles. The summed E-state index contributed by atoms with van der Waals surface area (Å²) in [4.78, 5) is 20.6. The second-order valence-corrected chi connectivity index (χ2v) is 13.6. The van der Waals surface area contributed by atoms with Gasteiger partial charge in [-0.2, -0.15) is 5.10 Å². The fraction of sp³-hybridized carbons (Fsp3) is 0.417. The second-order valence-electron chi connectivity index (χ2n) is 12.1. The largest absolute Gasteiger partial charge is 0.479 e. The fourth-order valence-electron chi connectivity index (χ4n) is 6.68. The first-order valence-corrected chi connectivity index (χ1v) is 16.3. The molecule has 240 valence electrons. The van der Waals surface area contributed by atoms with Gasteiger partial charge in [0.05, 0.1) is 46.3 Å². The van der Waals surface area contributed by atoms with Gasteiger partial charge in [-0.15, -0.1) is 11.3 Å². The Morgan fingerprint density at radius 2 is 1.85 bits per heavy atom. The van der Waals surface area contributed by atoms with Crippen molar-refractivity contribution in [2.45, 2.75) is 64.0 Å². The van der Waals surface area contributed by atoms with Crippen LogP contribution in [-0.2, 0) is 21.3 Å². The minimum Gasteiger partial charge on any atom is -0.479 e. The van der Waals surface area contributed by atoms with Crippen LogP contribution in [0.2, 0.25) is 5.02 Å².